The average Bonchev–Trinajstić information content (AvgIpc) is 3.39. The highest BCUT2D eigenvalue weighted by Gasteiger charge is 2.29. The molecule has 0 bridgehead atoms. The highest BCUT2D eigenvalue weighted by molar-refractivity contribution is 7.08. The minimum absolute atomic E-state index is 0.00914. The van der Waals surface area contributed by atoms with Gasteiger partial charge in [-0.15, -0.1) is 11.3 Å². The van der Waals surface area contributed by atoms with Gasteiger partial charge in [-0.25, -0.2) is 9.78 Å². The molecule has 1 atom stereocenters. The Balaban J connectivity index is 1.37. The number of anilines is 2. The third-order valence-corrected chi connectivity index (χ3v) is 5.84. The number of hydrogen-bond donors (Lipinski definition) is 1. The van der Waals surface area contributed by atoms with Crippen LogP contribution in [0.2, 0.25) is 0 Å². The maximum Gasteiger partial charge on any atom is 0.322 e. The number of aryl methyl sites for hydroxylation is 1. The molecule has 2 saturated heterocycles. The Morgan fingerprint density at radius 2 is 2.15 bits per heavy atom. The van der Waals surface area contributed by atoms with Crippen LogP contribution in [0.4, 0.5) is 16.3 Å². The number of amides is 2. The van der Waals surface area contributed by atoms with Gasteiger partial charge in [0, 0.05) is 37.6 Å². The third kappa shape index (κ3) is 3.62. The summed E-state index contributed by atoms with van der Waals surface area (Å²) in [7, 11) is 0. The van der Waals surface area contributed by atoms with Crippen molar-refractivity contribution in [3.8, 4) is 5.75 Å². The predicted molar refractivity (Wildman–Crippen MR) is 104 cm³/mol. The number of carbonyl (C=O) groups excluding carboxylic acids is 1. The van der Waals surface area contributed by atoms with Gasteiger partial charge in [0.1, 0.15) is 6.10 Å². The molecule has 7 heteroatoms. The van der Waals surface area contributed by atoms with Crippen molar-refractivity contribution < 1.29 is 9.53 Å². The van der Waals surface area contributed by atoms with E-state index in [9.17, 15) is 4.79 Å². The molecule has 0 spiro atoms. The van der Waals surface area contributed by atoms with Crippen LogP contribution in [0.15, 0.2) is 29.1 Å². The molecule has 6 nitrogen and oxygen atoms in total. The molecule has 0 unspecified atom stereocenters. The summed E-state index contributed by atoms with van der Waals surface area (Å²) >= 11 is 1.60. The van der Waals surface area contributed by atoms with Crippen molar-refractivity contribution in [3.63, 3.8) is 0 Å². The van der Waals surface area contributed by atoms with Gasteiger partial charge < -0.3 is 19.9 Å². The summed E-state index contributed by atoms with van der Waals surface area (Å²) in [4.78, 5) is 21.1. The van der Waals surface area contributed by atoms with Crippen molar-refractivity contribution in [2.45, 2.75) is 32.3 Å². The maximum atomic E-state index is 12.5. The standard InChI is InChI=1S/C19H24N4O2S/c1-14-12-26-13-16(14)21-19(24)23-10-6-15(11-23)25-17-5-4-7-20-18(17)22-8-2-3-9-22/h4-5,7,12-13,15H,2-3,6,8-11H2,1H3,(H,21,24)/t15-/m1/s1. The number of urea groups is 1. The second-order valence-corrected chi connectivity index (χ2v) is 7.64. The number of carbonyl (C=O) groups is 1. The quantitative estimate of drug-likeness (QED) is 0.888. The van der Waals surface area contributed by atoms with E-state index in [0.717, 1.165) is 42.3 Å². The highest BCUT2D eigenvalue weighted by Crippen LogP contribution is 2.30. The molecule has 4 rings (SSSR count). The van der Waals surface area contributed by atoms with Gasteiger partial charge in [0.05, 0.1) is 12.2 Å². The molecule has 1 N–H and O–H groups in total. The van der Waals surface area contributed by atoms with E-state index in [1.807, 2.05) is 40.9 Å². The molecule has 2 aromatic rings. The lowest BCUT2D eigenvalue weighted by molar-refractivity contribution is 0.195. The lowest BCUT2D eigenvalue weighted by atomic mass is 10.3. The van der Waals surface area contributed by atoms with Gasteiger partial charge in [-0.05, 0) is 42.8 Å². The Kier molecular flexibility index (Phi) is 4.97. The topological polar surface area (TPSA) is 57.7 Å². The minimum atomic E-state index is -0.0523. The molecule has 2 aliphatic rings. The Morgan fingerprint density at radius 1 is 1.31 bits per heavy atom. The molecule has 2 fully saturated rings. The van der Waals surface area contributed by atoms with E-state index in [-0.39, 0.29) is 12.1 Å². The number of pyridine rings is 1. The Labute approximate surface area is 157 Å². The fourth-order valence-corrected chi connectivity index (χ4v) is 4.29. The lowest BCUT2D eigenvalue weighted by Crippen LogP contribution is -2.34. The first-order valence-corrected chi connectivity index (χ1v) is 10.1. The fraction of sp³-hybridized carbons (Fsp3) is 0.474. The number of nitrogens with zero attached hydrogens (tertiary/aromatic N) is 3. The van der Waals surface area contributed by atoms with E-state index in [0.29, 0.717) is 13.1 Å². The number of ether oxygens (including phenoxy) is 1. The van der Waals surface area contributed by atoms with Gasteiger partial charge >= 0.3 is 6.03 Å². The van der Waals surface area contributed by atoms with E-state index in [1.165, 1.54) is 12.8 Å². The summed E-state index contributed by atoms with van der Waals surface area (Å²) in [6, 6.07) is 3.84. The normalized spacial score (nSPS) is 19.8. The fourth-order valence-electron chi connectivity index (χ4n) is 3.51. The molecule has 138 valence electrons. The molecular formula is C19H24N4O2S. The maximum absolute atomic E-state index is 12.5. The van der Waals surface area contributed by atoms with E-state index >= 15 is 0 Å². The van der Waals surface area contributed by atoms with Gasteiger partial charge in [0.25, 0.3) is 0 Å². The van der Waals surface area contributed by atoms with Crippen molar-refractivity contribution in [1.82, 2.24) is 9.88 Å². The molecule has 0 radical (unpaired) electrons. The van der Waals surface area contributed by atoms with Crippen molar-refractivity contribution >= 4 is 28.9 Å². The zero-order chi connectivity index (χ0) is 17.9. The zero-order valence-electron chi connectivity index (χ0n) is 15.0. The number of rotatable bonds is 4. The lowest BCUT2D eigenvalue weighted by Gasteiger charge is -2.22. The van der Waals surface area contributed by atoms with Gasteiger partial charge in [-0.1, -0.05) is 0 Å². The molecule has 0 saturated carbocycles. The molecule has 26 heavy (non-hydrogen) atoms. The average molecular weight is 372 g/mol. The van der Waals surface area contributed by atoms with Gasteiger partial charge in [0.2, 0.25) is 0 Å². The van der Waals surface area contributed by atoms with Crippen molar-refractivity contribution in [3.05, 3.63) is 34.7 Å². The van der Waals surface area contributed by atoms with Crippen LogP contribution < -0.4 is 15.0 Å². The molecule has 2 amide bonds. The number of likely N-dealkylation sites (tertiary alicyclic amines) is 1. The molecule has 0 aromatic carbocycles. The number of hydrogen-bond acceptors (Lipinski definition) is 5. The van der Waals surface area contributed by atoms with Crippen LogP contribution in [0.1, 0.15) is 24.8 Å². The monoisotopic (exact) mass is 372 g/mol. The Morgan fingerprint density at radius 3 is 2.92 bits per heavy atom. The van der Waals surface area contributed by atoms with Crippen LogP contribution in [-0.4, -0.2) is 48.2 Å². The van der Waals surface area contributed by atoms with Crippen LogP contribution in [-0.2, 0) is 0 Å². The number of thiophene rings is 1. The Bertz CT molecular complexity index is 772. The summed E-state index contributed by atoms with van der Waals surface area (Å²) in [5.41, 5.74) is 1.99. The van der Waals surface area contributed by atoms with E-state index < -0.39 is 0 Å². The summed E-state index contributed by atoms with van der Waals surface area (Å²) in [6.45, 7) is 5.38. The number of aromatic nitrogens is 1. The number of nitrogens with one attached hydrogen (secondary N) is 1. The smallest absolute Gasteiger partial charge is 0.322 e. The molecule has 2 aromatic heterocycles. The Hall–Kier alpha value is -2.28. The highest BCUT2D eigenvalue weighted by atomic mass is 32.1. The summed E-state index contributed by atoms with van der Waals surface area (Å²) in [6.07, 6.45) is 5.07. The molecule has 4 heterocycles. The summed E-state index contributed by atoms with van der Waals surface area (Å²) in [5, 5.41) is 7.00. The van der Waals surface area contributed by atoms with E-state index in [1.54, 1.807) is 11.3 Å². The van der Waals surface area contributed by atoms with Crippen LogP contribution in [0, 0.1) is 6.92 Å². The SMILES string of the molecule is Cc1cscc1NC(=O)N1CC[C@@H](Oc2cccnc2N2CCCC2)C1. The van der Waals surface area contributed by atoms with Gasteiger partial charge in [-0.2, -0.15) is 0 Å². The first-order chi connectivity index (χ1) is 12.7. The van der Waals surface area contributed by atoms with Gasteiger partial charge in [0.15, 0.2) is 11.6 Å². The van der Waals surface area contributed by atoms with Crippen molar-refractivity contribution in [2.75, 3.05) is 36.4 Å². The molecule has 0 aliphatic carbocycles. The second kappa shape index (κ2) is 7.53. The van der Waals surface area contributed by atoms with Crippen molar-refractivity contribution in [1.29, 1.82) is 0 Å². The molecular weight excluding hydrogens is 348 g/mol. The van der Waals surface area contributed by atoms with Crippen LogP contribution in [0.3, 0.4) is 0 Å². The van der Waals surface area contributed by atoms with E-state index in [4.69, 9.17) is 4.74 Å². The van der Waals surface area contributed by atoms with Crippen LogP contribution >= 0.6 is 11.3 Å². The summed E-state index contributed by atoms with van der Waals surface area (Å²) < 4.78 is 6.23. The first kappa shape index (κ1) is 17.1. The predicted octanol–water partition coefficient (Wildman–Crippen LogP) is 3.74. The zero-order valence-corrected chi connectivity index (χ0v) is 15.8. The van der Waals surface area contributed by atoms with Crippen LogP contribution in [0.5, 0.6) is 5.75 Å². The third-order valence-electron chi connectivity index (χ3n) is 4.98. The first-order valence-electron chi connectivity index (χ1n) is 9.16. The van der Waals surface area contributed by atoms with Crippen LogP contribution in [0.25, 0.3) is 0 Å². The minimum Gasteiger partial charge on any atom is -0.485 e. The van der Waals surface area contributed by atoms with Gasteiger partial charge in [-0.3, -0.25) is 0 Å². The largest absolute Gasteiger partial charge is 0.485 e. The van der Waals surface area contributed by atoms with Crippen molar-refractivity contribution in [2.24, 2.45) is 0 Å². The second-order valence-electron chi connectivity index (χ2n) is 6.89. The molecule has 2 aliphatic heterocycles. The van der Waals surface area contributed by atoms with E-state index in [2.05, 4.69) is 15.2 Å². The summed E-state index contributed by atoms with van der Waals surface area (Å²) in [5.74, 6) is 1.76.